The van der Waals surface area contributed by atoms with Crippen LogP contribution in [0.4, 0.5) is 5.69 Å². The summed E-state index contributed by atoms with van der Waals surface area (Å²) in [6, 6.07) is 24.5. The highest BCUT2D eigenvalue weighted by molar-refractivity contribution is 7.98. The standard InChI is InChI=1S/C52H59N3O11S/c1-4-24-54(51(58)36-14-22-46-47(29-36)62-33-61-46)48-31-44(53-64-32-34-12-15-37(16-13-34)55(59)60)42-28-35(10-6-8-25-56)41(11-7-9-26-57)49-43-30-39(65-38-17-20-40(67-3)21-18-38)19-23-45(43)66-52(48,50(42)49)63-27-5-2/h5,12-23,28-30,35,41,48-50,56-57H,2,4,6-11,24-27,31-33H2,1,3H3. The van der Waals surface area contributed by atoms with Crippen molar-refractivity contribution in [2.75, 3.05) is 39.4 Å². The van der Waals surface area contributed by atoms with Crippen LogP contribution in [-0.2, 0) is 16.2 Å². The number of ether oxygens (including phenoxy) is 5. The van der Waals surface area contributed by atoms with Crippen molar-refractivity contribution in [3.63, 3.8) is 0 Å². The van der Waals surface area contributed by atoms with Gasteiger partial charge >= 0.3 is 0 Å². The van der Waals surface area contributed by atoms with Gasteiger partial charge in [0.05, 0.1) is 23.2 Å². The average Bonchev–Trinajstić information content (AvgIpc) is 3.83. The molecule has 0 radical (unpaired) electrons. The van der Waals surface area contributed by atoms with Gasteiger partial charge in [0, 0.05) is 60.3 Å². The molecule has 6 atom stereocenters. The molecule has 0 saturated heterocycles. The number of fused-ring (bicyclic) bond motifs is 3. The third-order valence-electron chi connectivity index (χ3n) is 13.2. The molecule has 14 nitrogen and oxygen atoms in total. The lowest BCUT2D eigenvalue weighted by Crippen LogP contribution is -2.70. The van der Waals surface area contributed by atoms with Gasteiger partial charge in [-0.25, -0.2) is 0 Å². The second kappa shape index (κ2) is 21.8. The van der Waals surface area contributed by atoms with Gasteiger partial charge in [0.1, 0.15) is 29.9 Å². The second-order valence-electron chi connectivity index (χ2n) is 17.3. The zero-order valence-corrected chi connectivity index (χ0v) is 38.9. The SMILES string of the molecule is C=CCOC12Oc3ccc(Oc4ccc(SC)cc4)cc3C3C(CCCCO)C(CCCCO)C=C(C(=NOCc4ccc([N+](=O)[O-])cc4)CC1N(CCC)C(=O)c1ccc4c(c1)OCO4)C32. The van der Waals surface area contributed by atoms with Crippen LogP contribution in [0.5, 0.6) is 28.7 Å². The van der Waals surface area contributed by atoms with Gasteiger partial charge in [-0.1, -0.05) is 37.1 Å². The molecule has 67 heavy (non-hydrogen) atoms. The Labute approximate surface area is 395 Å². The molecule has 1 amide bonds. The lowest BCUT2D eigenvalue weighted by Gasteiger charge is -2.60. The van der Waals surface area contributed by atoms with Crippen LogP contribution < -0.4 is 18.9 Å². The van der Waals surface area contributed by atoms with E-state index in [9.17, 15) is 20.3 Å². The zero-order valence-electron chi connectivity index (χ0n) is 38.0. The van der Waals surface area contributed by atoms with Crippen molar-refractivity contribution < 1.29 is 48.5 Å². The molecule has 354 valence electrons. The predicted molar refractivity (Wildman–Crippen MR) is 255 cm³/mol. The largest absolute Gasteiger partial charge is 0.459 e. The van der Waals surface area contributed by atoms with Crippen molar-refractivity contribution in [2.24, 2.45) is 22.9 Å². The van der Waals surface area contributed by atoms with Gasteiger partial charge in [-0.15, -0.1) is 18.3 Å². The maximum Gasteiger partial charge on any atom is 0.269 e. The molecule has 15 heteroatoms. The number of non-ortho nitro benzene ring substituents is 1. The first-order valence-electron chi connectivity index (χ1n) is 23.2. The van der Waals surface area contributed by atoms with Crippen molar-refractivity contribution >= 4 is 29.1 Å². The molecule has 8 rings (SSSR count). The summed E-state index contributed by atoms with van der Waals surface area (Å²) in [6.45, 7) is 6.80. The van der Waals surface area contributed by atoms with Gasteiger partial charge in [0.25, 0.3) is 11.6 Å². The van der Waals surface area contributed by atoms with E-state index in [1.165, 1.54) is 12.1 Å². The lowest BCUT2D eigenvalue weighted by molar-refractivity contribution is -0.384. The minimum Gasteiger partial charge on any atom is -0.459 e. The first-order chi connectivity index (χ1) is 32.7. The quantitative estimate of drug-likeness (QED) is 0.0252. The van der Waals surface area contributed by atoms with Crippen LogP contribution >= 0.6 is 11.8 Å². The van der Waals surface area contributed by atoms with Crippen LogP contribution in [0.1, 0.15) is 85.7 Å². The summed E-state index contributed by atoms with van der Waals surface area (Å²) in [5, 5.41) is 36.3. The van der Waals surface area contributed by atoms with E-state index >= 15 is 4.79 Å². The van der Waals surface area contributed by atoms with Gasteiger partial charge in [-0.05, 0) is 134 Å². The maximum atomic E-state index is 15.2. The topological polar surface area (TPSA) is 172 Å². The summed E-state index contributed by atoms with van der Waals surface area (Å²) < 4.78 is 32.4. The van der Waals surface area contributed by atoms with Gasteiger partial charge in [-0.2, -0.15) is 0 Å². The van der Waals surface area contributed by atoms with Gasteiger partial charge < -0.3 is 43.6 Å². The Kier molecular flexibility index (Phi) is 15.5. The number of aliphatic hydroxyl groups excluding tert-OH is 2. The van der Waals surface area contributed by atoms with Crippen LogP contribution in [0.3, 0.4) is 0 Å². The van der Waals surface area contributed by atoms with E-state index in [0.29, 0.717) is 71.4 Å². The van der Waals surface area contributed by atoms with Crippen LogP contribution in [0.15, 0.2) is 119 Å². The summed E-state index contributed by atoms with van der Waals surface area (Å²) in [6.07, 6.45) is 11.2. The van der Waals surface area contributed by atoms with Gasteiger partial charge in [0.15, 0.2) is 11.5 Å². The van der Waals surface area contributed by atoms with Crippen LogP contribution in [0.25, 0.3) is 0 Å². The first-order valence-corrected chi connectivity index (χ1v) is 24.4. The van der Waals surface area contributed by atoms with E-state index in [2.05, 4.69) is 18.7 Å². The third kappa shape index (κ3) is 10.2. The van der Waals surface area contributed by atoms with E-state index in [1.807, 2.05) is 54.5 Å². The highest BCUT2D eigenvalue weighted by atomic mass is 32.2. The van der Waals surface area contributed by atoms with E-state index < -0.39 is 22.7 Å². The predicted octanol–water partition coefficient (Wildman–Crippen LogP) is 10.2. The number of benzene rings is 4. The number of nitro groups is 1. The van der Waals surface area contributed by atoms with E-state index in [1.54, 1.807) is 48.2 Å². The number of carbonyl (C=O) groups excluding carboxylic acids is 1. The Bertz CT molecular complexity index is 2440. The fraction of sp³-hybridized carbons (Fsp3) is 0.423. The molecule has 4 aromatic carbocycles. The molecule has 1 saturated carbocycles. The summed E-state index contributed by atoms with van der Waals surface area (Å²) in [5.74, 6) is 0.525. The van der Waals surface area contributed by atoms with Crippen molar-refractivity contribution in [3.05, 3.63) is 136 Å². The number of rotatable bonds is 22. The first kappa shape index (κ1) is 47.6. The Morgan fingerprint density at radius 2 is 1.69 bits per heavy atom. The number of oxime groups is 1. The molecule has 1 fully saturated rings. The summed E-state index contributed by atoms with van der Waals surface area (Å²) in [7, 11) is 0. The van der Waals surface area contributed by atoms with Gasteiger partial charge in [-0.3, -0.25) is 14.9 Å². The molecule has 2 heterocycles. The maximum absolute atomic E-state index is 15.2. The monoisotopic (exact) mass is 933 g/mol. The van der Waals surface area contributed by atoms with E-state index in [4.69, 9.17) is 33.7 Å². The number of thioether (sulfide) groups is 1. The number of allylic oxidation sites excluding steroid dienone is 1. The Balaban J connectivity index is 1.31. The molecule has 0 spiro atoms. The third-order valence-corrected chi connectivity index (χ3v) is 14.0. The smallest absolute Gasteiger partial charge is 0.269 e. The molecule has 6 unspecified atom stereocenters. The number of amides is 1. The van der Waals surface area contributed by atoms with Gasteiger partial charge in [0.2, 0.25) is 12.6 Å². The average molecular weight is 934 g/mol. The van der Waals surface area contributed by atoms with Crippen LogP contribution in [-0.4, -0.2) is 82.9 Å². The number of aliphatic hydroxyl groups is 2. The fourth-order valence-corrected chi connectivity index (χ4v) is 10.6. The lowest BCUT2D eigenvalue weighted by atomic mass is 9.55. The Morgan fingerprint density at radius 1 is 0.955 bits per heavy atom. The van der Waals surface area contributed by atoms with Crippen molar-refractivity contribution in [2.45, 2.75) is 87.5 Å². The summed E-state index contributed by atoms with van der Waals surface area (Å²) in [4.78, 5) is 35.3. The van der Waals surface area contributed by atoms with E-state index in [-0.39, 0.29) is 69.0 Å². The molecule has 4 aliphatic rings. The molecule has 0 aromatic heterocycles. The zero-order chi connectivity index (χ0) is 46.9. The minimum atomic E-state index is -1.46. The second-order valence-corrected chi connectivity index (χ2v) is 18.2. The minimum absolute atomic E-state index is 0.00896. The summed E-state index contributed by atoms with van der Waals surface area (Å²) >= 11 is 1.66. The molecule has 2 aliphatic heterocycles. The number of carbonyl (C=O) groups is 1. The molecule has 2 N–H and O–H groups in total. The molecule has 2 aliphatic carbocycles. The molecular formula is C52H59N3O11S. The summed E-state index contributed by atoms with van der Waals surface area (Å²) in [5.41, 5.74) is 3.54. The number of unbranched alkanes of at least 4 members (excludes halogenated alkanes) is 2. The number of nitrogens with zero attached hydrogens (tertiary/aromatic N) is 3. The van der Waals surface area contributed by atoms with E-state index in [0.717, 1.165) is 41.7 Å². The van der Waals surface area contributed by atoms with Crippen molar-refractivity contribution in [3.8, 4) is 28.7 Å². The Hall–Kier alpha value is -5.87. The molecule has 4 aromatic rings. The van der Waals surface area contributed by atoms with Crippen LogP contribution in [0, 0.1) is 27.9 Å². The fourth-order valence-electron chi connectivity index (χ4n) is 10.2. The van der Waals surface area contributed by atoms with Crippen molar-refractivity contribution in [1.82, 2.24) is 4.90 Å². The molecular weight excluding hydrogens is 875 g/mol. The number of nitro benzene ring substituents is 1. The molecule has 0 bridgehead atoms. The number of hydrogen-bond acceptors (Lipinski definition) is 13. The van der Waals surface area contributed by atoms with Crippen molar-refractivity contribution in [1.29, 1.82) is 0 Å². The highest BCUT2D eigenvalue weighted by Crippen LogP contribution is 2.62. The number of hydrogen-bond donors (Lipinski definition) is 2. The normalized spacial score (nSPS) is 22.8. The van der Waals surface area contributed by atoms with Crippen LogP contribution in [0.2, 0.25) is 0 Å². The highest BCUT2D eigenvalue weighted by Gasteiger charge is 2.65. The Morgan fingerprint density at radius 3 is 2.40 bits per heavy atom.